The van der Waals surface area contributed by atoms with Crippen LogP contribution in [0.2, 0.25) is 0 Å². The zero-order valence-corrected chi connectivity index (χ0v) is 14.2. The topological polar surface area (TPSA) is 23.6 Å². The van der Waals surface area contributed by atoms with E-state index in [1.165, 1.54) is 21.7 Å². The maximum atomic E-state index is 12.6. The Bertz CT molecular complexity index is 665. The largest absolute Gasteiger partial charge is 0.368 e. The third-order valence-corrected chi connectivity index (χ3v) is 5.54. The van der Waals surface area contributed by atoms with Crippen LogP contribution >= 0.6 is 11.3 Å². The summed E-state index contributed by atoms with van der Waals surface area (Å²) in [7, 11) is 0. The lowest BCUT2D eigenvalue weighted by molar-refractivity contribution is 0.0751. The molecule has 1 fully saturated rings. The van der Waals surface area contributed by atoms with Crippen LogP contribution in [0.3, 0.4) is 0 Å². The average molecular weight is 314 g/mol. The summed E-state index contributed by atoms with van der Waals surface area (Å²) in [5.74, 6) is 0.186. The van der Waals surface area contributed by atoms with E-state index in [2.05, 4.69) is 49.9 Å². The molecule has 4 heteroatoms. The Balaban J connectivity index is 1.67. The van der Waals surface area contributed by atoms with E-state index < -0.39 is 0 Å². The third kappa shape index (κ3) is 2.88. The molecule has 0 bridgehead atoms. The summed E-state index contributed by atoms with van der Waals surface area (Å²) >= 11 is 1.61. The van der Waals surface area contributed by atoms with Crippen LogP contribution in [0.4, 0.5) is 5.69 Å². The Morgan fingerprint density at radius 1 is 1.00 bits per heavy atom. The summed E-state index contributed by atoms with van der Waals surface area (Å²) in [6, 6.07) is 10.5. The molecule has 0 radical (unpaired) electrons. The molecule has 0 atom stereocenters. The Kier molecular flexibility index (Phi) is 4.21. The lowest BCUT2D eigenvalue weighted by Gasteiger charge is -2.36. The molecule has 22 heavy (non-hydrogen) atoms. The van der Waals surface area contributed by atoms with E-state index in [0.29, 0.717) is 0 Å². The second-order valence-corrected chi connectivity index (χ2v) is 7.17. The fourth-order valence-corrected chi connectivity index (χ4v) is 3.90. The number of anilines is 1. The van der Waals surface area contributed by atoms with Crippen LogP contribution in [-0.2, 0) is 0 Å². The van der Waals surface area contributed by atoms with Crippen LogP contribution in [-0.4, -0.2) is 37.0 Å². The minimum Gasteiger partial charge on any atom is -0.368 e. The highest BCUT2D eigenvalue weighted by Gasteiger charge is 2.24. The highest BCUT2D eigenvalue weighted by molar-refractivity contribution is 7.14. The SMILES string of the molecule is Cc1ccccc1N1CCN(C(=O)c2cc(C)c(C)s2)CC1. The minimum atomic E-state index is 0.186. The van der Waals surface area contributed by atoms with Crippen LogP contribution in [0, 0.1) is 20.8 Å². The van der Waals surface area contributed by atoms with Gasteiger partial charge in [-0.3, -0.25) is 4.79 Å². The van der Waals surface area contributed by atoms with Crippen molar-refractivity contribution in [2.45, 2.75) is 20.8 Å². The number of hydrogen-bond donors (Lipinski definition) is 0. The molecule has 2 heterocycles. The molecule has 0 unspecified atom stereocenters. The number of hydrogen-bond acceptors (Lipinski definition) is 3. The predicted molar refractivity (Wildman–Crippen MR) is 93.1 cm³/mol. The Hall–Kier alpha value is -1.81. The molecule has 1 aliphatic rings. The number of nitrogens with zero attached hydrogens (tertiary/aromatic N) is 2. The van der Waals surface area contributed by atoms with Crippen LogP contribution in [0.5, 0.6) is 0 Å². The van der Waals surface area contributed by atoms with Crippen molar-refractivity contribution in [3.05, 3.63) is 51.2 Å². The van der Waals surface area contributed by atoms with E-state index in [4.69, 9.17) is 0 Å². The van der Waals surface area contributed by atoms with Crippen molar-refractivity contribution < 1.29 is 4.79 Å². The standard InChI is InChI=1S/C18H22N2OS/c1-13-6-4-5-7-16(13)19-8-10-20(11-9-19)18(21)17-12-14(2)15(3)22-17/h4-7,12H,8-11H2,1-3H3. The predicted octanol–water partition coefficient (Wildman–Crippen LogP) is 3.64. The molecule has 1 aromatic heterocycles. The van der Waals surface area contributed by atoms with Crippen molar-refractivity contribution in [2.24, 2.45) is 0 Å². The van der Waals surface area contributed by atoms with Gasteiger partial charge in [0, 0.05) is 36.7 Å². The quantitative estimate of drug-likeness (QED) is 0.845. The lowest BCUT2D eigenvalue weighted by Crippen LogP contribution is -2.48. The maximum Gasteiger partial charge on any atom is 0.264 e. The molecule has 1 amide bonds. The Morgan fingerprint density at radius 2 is 1.68 bits per heavy atom. The highest BCUT2D eigenvalue weighted by Crippen LogP contribution is 2.24. The lowest BCUT2D eigenvalue weighted by atomic mass is 10.1. The number of thiophene rings is 1. The summed E-state index contributed by atoms with van der Waals surface area (Å²) in [6.07, 6.45) is 0. The van der Waals surface area contributed by atoms with Crippen LogP contribution in [0.15, 0.2) is 30.3 Å². The third-order valence-electron chi connectivity index (χ3n) is 4.40. The zero-order valence-electron chi connectivity index (χ0n) is 13.4. The first-order valence-corrected chi connectivity index (χ1v) is 8.55. The minimum absolute atomic E-state index is 0.186. The van der Waals surface area contributed by atoms with E-state index in [1.54, 1.807) is 11.3 Å². The van der Waals surface area contributed by atoms with Gasteiger partial charge < -0.3 is 9.80 Å². The van der Waals surface area contributed by atoms with Crippen LogP contribution < -0.4 is 4.90 Å². The molecular weight excluding hydrogens is 292 g/mol. The van der Waals surface area contributed by atoms with Gasteiger partial charge >= 0.3 is 0 Å². The summed E-state index contributed by atoms with van der Waals surface area (Å²) in [5.41, 5.74) is 3.80. The molecule has 0 N–H and O–H groups in total. The van der Waals surface area contributed by atoms with Gasteiger partial charge in [-0.2, -0.15) is 0 Å². The van der Waals surface area contributed by atoms with E-state index in [1.807, 2.05) is 11.0 Å². The molecule has 1 saturated heterocycles. The summed E-state index contributed by atoms with van der Waals surface area (Å²) in [6.45, 7) is 9.68. The summed E-state index contributed by atoms with van der Waals surface area (Å²) in [4.78, 5) is 19.1. The monoisotopic (exact) mass is 314 g/mol. The second-order valence-electron chi connectivity index (χ2n) is 5.92. The molecule has 0 aliphatic carbocycles. The van der Waals surface area contributed by atoms with Crippen molar-refractivity contribution in [3.63, 3.8) is 0 Å². The molecule has 1 aliphatic heterocycles. The van der Waals surface area contributed by atoms with Gasteiger partial charge in [0.05, 0.1) is 4.88 Å². The smallest absolute Gasteiger partial charge is 0.264 e. The molecule has 116 valence electrons. The number of benzene rings is 1. The molecule has 2 aromatic rings. The number of para-hydroxylation sites is 1. The molecule has 3 rings (SSSR count). The number of carbonyl (C=O) groups is 1. The first kappa shape index (κ1) is 15.1. The van der Waals surface area contributed by atoms with Crippen molar-refractivity contribution >= 4 is 22.9 Å². The van der Waals surface area contributed by atoms with Gasteiger partial charge in [-0.05, 0) is 44.0 Å². The first-order chi connectivity index (χ1) is 10.6. The normalized spacial score (nSPS) is 15.2. The molecule has 0 spiro atoms. The van der Waals surface area contributed by atoms with Crippen molar-refractivity contribution in [3.8, 4) is 0 Å². The Labute approximate surface area is 136 Å². The molecule has 1 aromatic carbocycles. The number of piperazine rings is 1. The molecule has 3 nitrogen and oxygen atoms in total. The van der Waals surface area contributed by atoms with Crippen molar-refractivity contribution in [1.29, 1.82) is 0 Å². The summed E-state index contributed by atoms with van der Waals surface area (Å²) in [5, 5.41) is 0. The highest BCUT2D eigenvalue weighted by atomic mass is 32.1. The van der Waals surface area contributed by atoms with Gasteiger partial charge in [0.25, 0.3) is 5.91 Å². The van der Waals surface area contributed by atoms with Gasteiger partial charge in [0.15, 0.2) is 0 Å². The number of amides is 1. The Morgan fingerprint density at radius 3 is 2.27 bits per heavy atom. The van der Waals surface area contributed by atoms with E-state index in [9.17, 15) is 4.79 Å². The zero-order chi connectivity index (χ0) is 15.7. The van der Waals surface area contributed by atoms with Crippen LogP contribution in [0.25, 0.3) is 0 Å². The summed E-state index contributed by atoms with van der Waals surface area (Å²) < 4.78 is 0. The van der Waals surface area contributed by atoms with Gasteiger partial charge in [-0.1, -0.05) is 18.2 Å². The number of carbonyl (C=O) groups excluding carboxylic acids is 1. The maximum absolute atomic E-state index is 12.6. The van der Waals surface area contributed by atoms with Gasteiger partial charge in [-0.15, -0.1) is 11.3 Å². The first-order valence-electron chi connectivity index (χ1n) is 7.73. The van der Waals surface area contributed by atoms with Crippen molar-refractivity contribution in [1.82, 2.24) is 4.90 Å². The molecule has 0 saturated carbocycles. The van der Waals surface area contributed by atoms with Gasteiger partial charge in [0.1, 0.15) is 0 Å². The van der Waals surface area contributed by atoms with Gasteiger partial charge in [-0.25, -0.2) is 0 Å². The number of aryl methyl sites for hydroxylation is 3. The number of rotatable bonds is 2. The van der Waals surface area contributed by atoms with E-state index >= 15 is 0 Å². The second kappa shape index (κ2) is 6.13. The van der Waals surface area contributed by atoms with Gasteiger partial charge in [0.2, 0.25) is 0 Å². The van der Waals surface area contributed by atoms with Crippen LogP contribution in [0.1, 0.15) is 25.7 Å². The fraction of sp³-hybridized carbons (Fsp3) is 0.389. The molecular formula is C18H22N2OS. The fourth-order valence-electron chi connectivity index (χ4n) is 2.90. The van der Waals surface area contributed by atoms with E-state index in [0.717, 1.165) is 31.1 Å². The van der Waals surface area contributed by atoms with E-state index in [-0.39, 0.29) is 5.91 Å². The average Bonchev–Trinajstić information content (AvgIpc) is 2.87. The van der Waals surface area contributed by atoms with Crippen molar-refractivity contribution in [2.75, 3.05) is 31.1 Å².